The number of rotatable bonds is 3. The van der Waals surface area contributed by atoms with E-state index in [0.29, 0.717) is 5.56 Å². The van der Waals surface area contributed by atoms with Crippen molar-refractivity contribution in [2.45, 2.75) is 13.8 Å². The van der Waals surface area contributed by atoms with E-state index >= 15 is 0 Å². The molecule has 2 rings (SSSR count). The van der Waals surface area contributed by atoms with Crippen LogP contribution in [0.4, 0.5) is 5.69 Å². The van der Waals surface area contributed by atoms with Crippen LogP contribution >= 0.6 is 0 Å². The molecule has 3 N–H and O–H groups in total. The highest BCUT2D eigenvalue weighted by Gasteiger charge is 2.02. The van der Waals surface area contributed by atoms with Crippen molar-refractivity contribution in [2.75, 3.05) is 5.43 Å². The van der Waals surface area contributed by atoms with E-state index in [-0.39, 0.29) is 11.5 Å². The molecule has 0 atom stereocenters. The minimum Gasteiger partial charge on any atom is -0.504 e. The molecule has 0 aromatic heterocycles. The molecule has 19 heavy (non-hydrogen) atoms. The Labute approximate surface area is 112 Å². The van der Waals surface area contributed by atoms with E-state index in [2.05, 4.69) is 10.5 Å². The van der Waals surface area contributed by atoms with E-state index in [0.717, 1.165) is 16.8 Å². The largest absolute Gasteiger partial charge is 0.504 e. The van der Waals surface area contributed by atoms with Crippen molar-refractivity contribution < 1.29 is 10.2 Å². The number of hydrazone groups is 1. The zero-order valence-corrected chi connectivity index (χ0v) is 10.9. The normalized spacial score (nSPS) is 10.8. The van der Waals surface area contributed by atoms with Gasteiger partial charge in [0.2, 0.25) is 0 Å². The van der Waals surface area contributed by atoms with Gasteiger partial charge in [0, 0.05) is 5.56 Å². The summed E-state index contributed by atoms with van der Waals surface area (Å²) in [6.07, 6.45) is 1.47. The zero-order valence-electron chi connectivity index (χ0n) is 10.9. The van der Waals surface area contributed by atoms with E-state index in [1.165, 1.54) is 12.3 Å². The molecular formula is C15H16N2O2. The maximum atomic E-state index is 9.62. The van der Waals surface area contributed by atoms with Crippen LogP contribution in [0.3, 0.4) is 0 Å². The second kappa shape index (κ2) is 5.44. The molecule has 0 aliphatic rings. The van der Waals surface area contributed by atoms with Gasteiger partial charge in [-0.1, -0.05) is 18.2 Å². The highest BCUT2D eigenvalue weighted by Crippen LogP contribution is 2.26. The first kappa shape index (κ1) is 13.0. The molecule has 0 saturated heterocycles. The van der Waals surface area contributed by atoms with Crippen LogP contribution in [-0.4, -0.2) is 16.4 Å². The molecule has 0 radical (unpaired) electrons. The van der Waals surface area contributed by atoms with Crippen LogP contribution in [0.5, 0.6) is 11.5 Å². The minimum atomic E-state index is -0.172. The quantitative estimate of drug-likeness (QED) is 0.449. The average molecular weight is 256 g/mol. The summed E-state index contributed by atoms with van der Waals surface area (Å²) in [6, 6.07) is 10.8. The van der Waals surface area contributed by atoms with Crippen LogP contribution < -0.4 is 5.43 Å². The smallest absolute Gasteiger partial charge is 0.166 e. The SMILES string of the molecule is Cc1ccc(C)c(N/N=C/c2cccc(O)c2O)c1. The van der Waals surface area contributed by atoms with Crippen LogP contribution in [0.15, 0.2) is 41.5 Å². The Morgan fingerprint density at radius 3 is 2.68 bits per heavy atom. The standard InChI is InChI=1S/C15H16N2O2/c1-10-6-7-11(2)13(8-10)17-16-9-12-4-3-5-14(18)15(12)19/h3-9,17-19H,1-2H3/b16-9+. The zero-order chi connectivity index (χ0) is 13.8. The van der Waals surface area contributed by atoms with Crippen molar-refractivity contribution in [1.29, 1.82) is 0 Å². The Bertz CT molecular complexity index is 622. The molecule has 0 aliphatic heterocycles. The number of phenols is 2. The second-order valence-corrected chi connectivity index (χ2v) is 4.40. The fourth-order valence-corrected chi connectivity index (χ4v) is 1.68. The number of para-hydroxylation sites is 1. The maximum absolute atomic E-state index is 9.62. The molecule has 0 fully saturated rings. The summed E-state index contributed by atoms with van der Waals surface area (Å²) in [5, 5.41) is 23.1. The monoisotopic (exact) mass is 256 g/mol. The third-order valence-corrected chi connectivity index (χ3v) is 2.83. The molecule has 2 aromatic carbocycles. The molecule has 4 nitrogen and oxygen atoms in total. The second-order valence-electron chi connectivity index (χ2n) is 4.40. The number of phenolic OH excluding ortho intramolecular Hbond substituents is 2. The van der Waals surface area contributed by atoms with Gasteiger partial charge >= 0.3 is 0 Å². The molecule has 2 aromatic rings. The van der Waals surface area contributed by atoms with Crippen molar-refractivity contribution >= 4 is 11.9 Å². The first-order chi connectivity index (χ1) is 9.08. The number of benzene rings is 2. The van der Waals surface area contributed by atoms with Gasteiger partial charge in [0.1, 0.15) is 0 Å². The van der Waals surface area contributed by atoms with Crippen LogP contribution in [0.25, 0.3) is 0 Å². The van der Waals surface area contributed by atoms with Gasteiger partial charge in [-0.2, -0.15) is 5.10 Å². The fourth-order valence-electron chi connectivity index (χ4n) is 1.68. The number of nitrogens with zero attached hydrogens (tertiary/aromatic N) is 1. The summed E-state index contributed by atoms with van der Waals surface area (Å²) < 4.78 is 0. The number of aromatic hydroxyl groups is 2. The van der Waals surface area contributed by atoms with Gasteiger partial charge in [-0.05, 0) is 43.2 Å². The summed E-state index contributed by atoms with van der Waals surface area (Å²) in [5.74, 6) is -0.329. The topological polar surface area (TPSA) is 64.9 Å². The molecular weight excluding hydrogens is 240 g/mol. The van der Waals surface area contributed by atoms with Crippen molar-refractivity contribution in [3.05, 3.63) is 53.1 Å². The Hall–Kier alpha value is -2.49. The number of aryl methyl sites for hydroxylation is 2. The van der Waals surface area contributed by atoms with Gasteiger partial charge < -0.3 is 10.2 Å². The van der Waals surface area contributed by atoms with Gasteiger partial charge in [-0.3, -0.25) is 5.43 Å². The molecule has 0 aliphatic carbocycles. The van der Waals surface area contributed by atoms with Crippen LogP contribution in [0.2, 0.25) is 0 Å². The highest BCUT2D eigenvalue weighted by molar-refractivity contribution is 5.85. The van der Waals surface area contributed by atoms with Gasteiger partial charge in [-0.25, -0.2) is 0 Å². The van der Waals surface area contributed by atoms with E-state index < -0.39 is 0 Å². The summed E-state index contributed by atoms with van der Waals surface area (Å²) in [6.45, 7) is 4.00. The Morgan fingerprint density at radius 2 is 1.89 bits per heavy atom. The maximum Gasteiger partial charge on any atom is 0.166 e. The number of hydrogen-bond acceptors (Lipinski definition) is 4. The van der Waals surface area contributed by atoms with Gasteiger partial charge in [0.25, 0.3) is 0 Å². The predicted octanol–water partition coefficient (Wildman–Crippen LogP) is 3.16. The van der Waals surface area contributed by atoms with Gasteiger partial charge in [0.05, 0.1) is 11.9 Å². The van der Waals surface area contributed by atoms with Crippen molar-refractivity contribution in [2.24, 2.45) is 5.10 Å². The molecule has 0 bridgehead atoms. The third-order valence-electron chi connectivity index (χ3n) is 2.83. The molecule has 0 saturated carbocycles. The summed E-state index contributed by atoms with van der Waals surface area (Å²) in [5.41, 5.74) is 6.52. The van der Waals surface area contributed by atoms with E-state index in [1.54, 1.807) is 12.1 Å². The van der Waals surface area contributed by atoms with E-state index in [1.807, 2.05) is 32.0 Å². The Morgan fingerprint density at radius 1 is 1.11 bits per heavy atom. The van der Waals surface area contributed by atoms with Crippen molar-refractivity contribution in [3.63, 3.8) is 0 Å². The van der Waals surface area contributed by atoms with Crippen LogP contribution in [0, 0.1) is 13.8 Å². The molecule has 98 valence electrons. The molecule has 0 heterocycles. The lowest BCUT2D eigenvalue weighted by molar-refractivity contribution is 0.403. The molecule has 4 heteroatoms. The number of nitrogens with one attached hydrogen (secondary N) is 1. The summed E-state index contributed by atoms with van der Waals surface area (Å²) in [4.78, 5) is 0. The minimum absolute atomic E-state index is 0.157. The average Bonchev–Trinajstić information content (AvgIpc) is 2.38. The van der Waals surface area contributed by atoms with Crippen molar-refractivity contribution in [3.8, 4) is 11.5 Å². The first-order valence-electron chi connectivity index (χ1n) is 5.95. The first-order valence-corrected chi connectivity index (χ1v) is 5.95. The van der Waals surface area contributed by atoms with Gasteiger partial charge in [-0.15, -0.1) is 0 Å². The Kier molecular flexibility index (Phi) is 3.71. The van der Waals surface area contributed by atoms with E-state index in [9.17, 15) is 10.2 Å². The molecule has 0 unspecified atom stereocenters. The van der Waals surface area contributed by atoms with Crippen LogP contribution in [-0.2, 0) is 0 Å². The lowest BCUT2D eigenvalue weighted by Gasteiger charge is -2.06. The predicted molar refractivity (Wildman–Crippen MR) is 76.9 cm³/mol. The van der Waals surface area contributed by atoms with Gasteiger partial charge in [0.15, 0.2) is 11.5 Å². The Balaban J connectivity index is 2.16. The fraction of sp³-hybridized carbons (Fsp3) is 0.133. The molecule has 0 amide bonds. The van der Waals surface area contributed by atoms with Crippen LogP contribution in [0.1, 0.15) is 16.7 Å². The number of hydrogen-bond donors (Lipinski definition) is 3. The lowest BCUT2D eigenvalue weighted by Crippen LogP contribution is -1.94. The summed E-state index contributed by atoms with van der Waals surface area (Å²) in [7, 11) is 0. The highest BCUT2D eigenvalue weighted by atomic mass is 16.3. The lowest BCUT2D eigenvalue weighted by atomic mass is 10.1. The number of anilines is 1. The third kappa shape index (κ3) is 3.04. The van der Waals surface area contributed by atoms with E-state index in [4.69, 9.17) is 0 Å². The summed E-state index contributed by atoms with van der Waals surface area (Å²) >= 11 is 0. The van der Waals surface area contributed by atoms with Crippen molar-refractivity contribution in [1.82, 2.24) is 0 Å². The molecule has 0 spiro atoms.